The molecule has 0 aromatic heterocycles. The second-order valence-corrected chi connectivity index (χ2v) is 18.6. The number of unbranched alkanes of at least 4 members (excludes halogenated alkanes) is 28. The number of nitrogens with zero attached hydrogens (tertiary/aromatic N) is 1. The highest BCUT2D eigenvalue weighted by Crippen LogP contribution is 2.43. The number of esters is 1. The van der Waals surface area contributed by atoms with Gasteiger partial charge in [0.15, 0.2) is 0 Å². The lowest BCUT2D eigenvalue weighted by Crippen LogP contribution is -2.37. The molecular formula is C46H93NO7P+. The van der Waals surface area contributed by atoms with Gasteiger partial charge in [0.2, 0.25) is 0 Å². The van der Waals surface area contributed by atoms with Crippen molar-refractivity contribution in [3.8, 4) is 0 Å². The second-order valence-electron chi connectivity index (χ2n) is 17.1. The van der Waals surface area contributed by atoms with E-state index in [9.17, 15) is 14.3 Å². The summed E-state index contributed by atoms with van der Waals surface area (Å²) in [6.45, 7) is 5.65. The summed E-state index contributed by atoms with van der Waals surface area (Å²) in [7, 11) is 1.68. The largest absolute Gasteiger partial charge is 0.472 e. The fourth-order valence-electron chi connectivity index (χ4n) is 6.67. The topological polar surface area (TPSA) is 91.3 Å². The van der Waals surface area contributed by atoms with E-state index >= 15 is 0 Å². The molecule has 0 saturated carbocycles. The zero-order chi connectivity index (χ0) is 40.6. The Bertz CT molecular complexity index is 894. The van der Waals surface area contributed by atoms with Gasteiger partial charge in [-0.05, 0) is 38.5 Å². The van der Waals surface area contributed by atoms with Crippen LogP contribution in [-0.4, -0.2) is 75.6 Å². The molecule has 0 aliphatic rings. The van der Waals surface area contributed by atoms with Crippen molar-refractivity contribution in [1.82, 2.24) is 0 Å². The summed E-state index contributed by atoms with van der Waals surface area (Å²) in [5, 5.41) is 0. The Hall–Kier alpha value is -0.760. The van der Waals surface area contributed by atoms with Crippen LogP contribution < -0.4 is 0 Å². The third kappa shape index (κ3) is 44.2. The predicted octanol–water partition coefficient (Wildman–Crippen LogP) is 13.8. The first-order valence-electron chi connectivity index (χ1n) is 23.4. The third-order valence-electron chi connectivity index (χ3n) is 10.3. The number of allylic oxidation sites excluding steroid dienone is 2. The summed E-state index contributed by atoms with van der Waals surface area (Å²) in [5.74, 6) is -0.312. The monoisotopic (exact) mass is 803 g/mol. The number of hydrogen-bond acceptors (Lipinski definition) is 6. The Kier molecular flexibility index (Phi) is 39.5. The van der Waals surface area contributed by atoms with Crippen LogP contribution >= 0.6 is 7.82 Å². The minimum Gasteiger partial charge on any atom is -0.457 e. The molecular weight excluding hydrogens is 709 g/mol. The SMILES string of the molecule is CCCCCCCCCC/C=C\CCCCCCCCCCCCOCC(COP(=O)(O)OCC[N+](C)(C)C)OC(=O)CCCCCCCCCCCCC. The normalized spacial score (nSPS) is 13.8. The number of hydrogen-bond donors (Lipinski definition) is 1. The number of ether oxygens (including phenoxy) is 2. The van der Waals surface area contributed by atoms with E-state index in [0.717, 1.165) is 32.1 Å². The molecule has 0 aromatic carbocycles. The van der Waals surface area contributed by atoms with Crippen molar-refractivity contribution in [3.05, 3.63) is 12.2 Å². The average molecular weight is 803 g/mol. The Balaban J connectivity index is 4.08. The van der Waals surface area contributed by atoms with Gasteiger partial charge in [0, 0.05) is 13.0 Å². The molecule has 0 rings (SSSR count). The summed E-state index contributed by atoms with van der Waals surface area (Å²) in [5.41, 5.74) is 0. The van der Waals surface area contributed by atoms with Crippen molar-refractivity contribution in [3.63, 3.8) is 0 Å². The van der Waals surface area contributed by atoms with Crippen molar-refractivity contribution >= 4 is 13.8 Å². The van der Waals surface area contributed by atoms with Crippen molar-refractivity contribution in [1.29, 1.82) is 0 Å². The van der Waals surface area contributed by atoms with Gasteiger partial charge in [-0.1, -0.05) is 187 Å². The Labute approximate surface area is 341 Å². The summed E-state index contributed by atoms with van der Waals surface area (Å²) in [4.78, 5) is 22.8. The van der Waals surface area contributed by atoms with Crippen LogP contribution in [0.3, 0.4) is 0 Å². The number of phosphoric ester groups is 1. The zero-order valence-electron chi connectivity index (χ0n) is 37.2. The maximum Gasteiger partial charge on any atom is 0.472 e. The number of carbonyl (C=O) groups excluding carboxylic acids is 1. The van der Waals surface area contributed by atoms with Gasteiger partial charge in [-0.2, -0.15) is 0 Å². The zero-order valence-corrected chi connectivity index (χ0v) is 38.1. The molecule has 0 spiro atoms. The lowest BCUT2D eigenvalue weighted by atomic mass is 10.1. The Morgan fingerprint density at radius 1 is 0.545 bits per heavy atom. The van der Waals surface area contributed by atoms with Crippen LogP contribution in [0.15, 0.2) is 12.2 Å². The summed E-state index contributed by atoms with van der Waals surface area (Å²) in [6, 6.07) is 0. The van der Waals surface area contributed by atoms with E-state index in [1.54, 1.807) is 0 Å². The quantitative estimate of drug-likeness (QED) is 0.0216. The van der Waals surface area contributed by atoms with Crippen molar-refractivity contribution in [2.24, 2.45) is 0 Å². The number of rotatable bonds is 44. The number of quaternary nitrogens is 1. The van der Waals surface area contributed by atoms with E-state index in [1.165, 1.54) is 167 Å². The summed E-state index contributed by atoms with van der Waals surface area (Å²) in [6.07, 6.45) is 43.9. The molecule has 0 heterocycles. The van der Waals surface area contributed by atoms with Crippen LogP contribution in [0.5, 0.6) is 0 Å². The molecule has 1 N–H and O–H groups in total. The number of likely N-dealkylation sites (N-methyl/N-ethyl adjacent to an activating group) is 1. The van der Waals surface area contributed by atoms with Crippen molar-refractivity contribution in [2.75, 3.05) is 54.1 Å². The van der Waals surface area contributed by atoms with Crippen LogP contribution in [0.2, 0.25) is 0 Å². The first kappa shape index (κ1) is 54.2. The van der Waals surface area contributed by atoms with Crippen molar-refractivity contribution in [2.45, 2.75) is 225 Å². The first-order valence-corrected chi connectivity index (χ1v) is 24.9. The molecule has 2 atom stereocenters. The third-order valence-corrected chi connectivity index (χ3v) is 11.3. The van der Waals surface area contributed by atoms with Gasteiger partial charge in [0.1, 0.15) is 19.3 Å². The molecule has 55 heavy (non-hydrogen) atoms. The van der Waals surface area contributed by atoms with E-state index in [0.29, 0.717) is 24.1 Å². The average Bonchev–Trinajstić information content (AvgIpc) is 3.13. The summed E-state index contributed by atoms with van der Waals surface area (Å²) >= 11 is 0. The molecule has 0 bridgehead atoms. The Morgan fingerprint density at radius 3 is 1.38 bits per heavy atom. The lowest BCUT2D eigenvalue weighted by Gasteiger charge is -2.24. The van der Waals surface area contributed by atoms with Gasteiger partial charge in [-0.3, -0.25) is 13.8 Å². The second kappa shape index (κ2) is 40.0. The van der Waals surface area contributed by atoms with Gasteiger partial charge in [0.25, 0.3) is 0 Å². The van der Waals surface area contributed by atoms with Gasteiger partial charge in [-0.15, -0.1) is 0 Å². The van der Waals surface area contributed by atoms with Gasteiger partial charge < -0.3 is 18.9 Å². The number of carbonyl (C=O) groups is 1. The molecule has 9 heteroatoms. The molecule has 8 nitrogen and oxygen atoms in total. The van der Waals surface area contributed by atoms with E-state index < -0.39 is 13.9 Å². The lowest BCUT2D eigenvalue weighted by molar-refractivity contribution is -0.870. The van der Waals surface area contributed by atoms with Crippen molar-refractivity contribution < 1.29 is 37.3 Å². The van der Waals surface area contributed by atoms with Crippen LogP contribution in [0, 0.1) is 0 Å². The minimum absolute atomic E-state index is 0.0917. The molecule has 328 valence electrons. The van der Waals surface area contributed by atoms with Gasteiger partial charge in [-0.25, -0.2) is 4.57 Å². The molecule has 0 radical (unpaired) electrons. The highest BCUT2D eigenvalue weighted by molar-refractivity contribution is 7.47. The highest BCUT2D eigenvalue weighted by Gasteiger charge is 2.26. The highest BCUT2D eigenvalue weighted by atomic mass is 31.2. The van der Waals surface area contributed by atoms with Crippen LogP contribution in [0.4, 0.5) is 0 Å². The summed E-state index contributed by atoms with van der Waals surface area (Å²) < 4.78 is 35.0. The number of phosphoric acid groups is 1. The van der Waals surface area contributed by atoms with E-state index in [1.807, 2.05) is 21.1 Å². The predicted molar refractivity (Wildman–Crippen MR) is 234 cm³/mol. The molecule has 0 amide bonds. The molecule has 0 saturated heterocycles. The smallest absolute Gasteiger partial charge is 0.457 e. The van der Waals surface area contributed by atoms with E-state index in [-0.39, 0.29) is 25.8 Å². The Morgan fingerprint density at radius 2 is 0.945 bits per heavy atom. The molecule has 0 fully saturated rings. The maximum absolute atomic E-state index is 12.7. The van der Waals surface area contributed by atoms with Crippen LogP contribution in [0.1, 0.15) is 219 Å². The molecule has 0 aliphatic carbocycles. The fourth-order valence-corrected chi connectivity index (χ4v) is 7.41. The van der Waals surface area contributed by atoms with E-state index in [2.05, 4.69) is 26.0 Å². The van der Waals surface area contributed by atoms with Crippen LogP contribution in [0.25, 0.3) is 0 Å². The minimum atomic E-state index is -4.27. The molecule has 0 aromatic rings. The van der Waals surface area contributed by atoms with Gasteiger partial charge in [0.05, 0.1) is 34.4 Å². The van der Waals surface area contributed by atoms with Gasteiger partial charge >= 0.3 is 13.8 Å². The van der Waals surface area contributed by atoms with Crippen LogP contribution in [-0.2, 0) is 27.9 Å². The maximum atomic E-state index is 12.7. The molecule has 0 aliphatic heterocycles. The first-order chi connectivity index (χ1) is 26.6. The standard InChI is InChI=1S/C46H92NO7P/c1-6-8-10-12-14-16-18-19-20-21-22-23-24-25-26-27-28-30-32-34-36-38-41-51-43-45(44-53-55(49,50)52-42-40-47(3,4)5)54-46(48)39-37-35-33-31-29-17-15-13-11-9-7-2/h21-22,45H,6-20,23-44H2,1-5H3/p+1/b22-21-. The molecule has 2 unspecified atom stereocenters. The van der Waals surface area contributed by atoms with E-state index in [4.69, 9.17) is 18.5 Å². The fraction of sp³-hybridized carbons (Fsp3) is 0.935.